The van der Waals surface area contributed by atoms with Gasteiger partial charge in [-0.1, -0.05) is 6.92 Å². The van der Waals surface area contributed by atoms with E-state index in [9.17, 15) is 4.79 Å². The number of rotatable bonds is 5. The van der Waals surface area contributed by atoms with E-state index in [1.165, 1.54) is 0 Å². The molecule has 2 aromatic rings. The van der Waals surface area contributed by atoms with Crippen LogP contribution in [0.2, 0.25) is 0 Å². The number of amides is 2. The molecule has 8 heteroatoms. The van der Waals surface area contributed by atoms with Gasteiger partial charge in [0.05, 0.1) is 24.5 Å². The standard InChI is InChI=1S/C19H29N7O/c1-5-7-17-21-14(2)10-18(22-17)20-12-15-11-16-13-25(19(27)24(3)4)8-6-9-26(16)23-15/h10-11H,5-9,12-13H2,1-4H3,(H,20,21,22). The Labute approximate surface area is 160 Å². The molecule has 1 aliphatic heterocycles. The second kappa shape index (κ2) is 8.37. The van der Waals surface area contributed by atoms with Crippen molar-refractivity contribution in [3.05, 3.63) is 35.0 Å². The van der Waals surface area contributed by atoms with Gasteiger partial charge >= 0.3 is 6.03 Å². The molecule has 1 aliphatic rings. The number of aromatic nitrogens is 4. The molecule has 146 valence electrons. The minimum atomic E-state index is 0.0456. The molecule has 3 rings (SSSR count). The molecule has 0 unspecified atom stereocenters. The fourth-order valence-electron chi connectivity index (χ4n) is 3.29. The summed E-state index contributed by atoms with van der Waals surface area (Å²) in [4.78, 5) is 24.8. The van der Waals surface area contributed by atoms with Gasteiger partial charge in [-0.05, 0) is 25.8 Å². The summed E-state index contributed by atoms with van der Waals surface area (Å²) in [6.45, 7) is 6.90. The summed E-state index contributed by atoms with van der Waals surface area (Å²) < 4.78 is 2.02. The van der Waals surface area contributed by atoms with E-state index < -0.39 is 0 Å². The van der Waals surface area contributed by atoms with Crippen LogP contribution in [-0.2, 0) is 26.1 Å². The molecule has 0 bridgehead atoms. The van der Waals surface area contributed by atoms with Crippen LogP contribution in [-0.4, -0.2) is 56.2 Å². The number of fused-ring (bicyclic) bond motifs is 1. The molecule has 27 heavy (non-hydrogen) atoms. The van der Waals surface area contributed by atoms with Gasteiger partial charge in [0, 0.05) is 45.4 Å². The Morgan fingerprint density at radius 3 is 2.81 bits per heavy atom. The lowest BCUT2D eigenvalue weighted by Crippen LogP contribution is -2.38. The van der Waals surface area contributed by atoms with Gasteiger partial charge in [0.2, 0.25) is 0 Å². The zero-order valence-corrected chi connectivity index (χ0v) is 16.7. The predicted molar refractivity (Wildman–Crippen MR) is 104 cm³/mol. The lowest BCUT2D eigenvalue weighted by molar-refractivity contribution is 0.169. The summed E-state index contributed by atoms with van der Waals surface area (Å²) in [5.74, 6) is 1.71. The first-order valence-electron chi connectivity index (χ1n) is 9.56. The number of nitrogens with zero attached hydrogens (tertiary/aromatic N) is 6. The van der Waals surface area contributed by atoms with Crippen LogP contribution >= 0.6 is 0 Å². The minimum absolute atomic E-state index is 0.0456. The summed E-state index contributed by atoms with van der Waals surface area (Å²) in [7, 11) is 3.58. The highest BCUT2D eigenvalue weighted by Crippen LogP contribution is 2.16. The van der Waals surface area contributed by atoms with Gasteiger partial charge in [-0.2, -0.15) is 5.10 Å². The average Bonchev–Trinajstić information content (AvgIpc) is 2.89. The van der Waals surface area contributed by atoms with Crippen LogP contribution in [0.3, 0.4) is 0 Å². The Kier molecular flexibility index (Phi) is 5.93. The van der Waals surface area contributed by atoms with Crippen molar-refractivity contribution in [3.63, 3.8) is 0 Å². The van der Waals surface area contributed by atoms with Gasteiger partial charge in [0.1, 0.15) is 11.6 Å². The lowest BCUT2D eigenvalue weighted by atomic mass is 10.3. The Bertz CT molecular complexity index is 799. The van der Waals surface area contributed by atoms with Gasteiger partial charge in [0.15, 0.2) is 0 Å². The SMILES string of the molecule is CCCc1nc(C)cc(NCc2cc3n(n2)CCCN(C(=O)N(C)C)C3)n1. The Balaban J connectivity index is 1.68. The van der Waals surface area contributed by atoms with E-state index >= 15 is 0 Å². The molecular formula is C19H29N7O. The quantitative estimate of drug-likeness (QED) is 0.873. The highest BCUT2D eigenvalue weighted by molar-refractivity contribution is 5.73. The molecule has 0 radical (unpaired) electrons. The Morgan fingerprint density at radius 1 is 1.26 bits per heavy atom. The largest absolute Gasteiger partial charge is 0.364 e. The fourth-order valence-corrected chi connectivity index (χ4v) is 3.29. The van der Waals surface area contributed by atoms with Crippen LogP contribution < -0.4 is 5.32 Å². The van der Waals surface area contributed by atoms with Crippen molar-refractivity contribution in [3.8, 4) is 0 Å². The molecule has 2 amide bonds. The Hall–Kier alpha value is -2.64. The molecule has 1 N–H and O–H groups in total. The summed E-state index contributed by atoms with van der Waals surface area (Å²) in [5.41, 5.74) is 3.00. The number of hydrogen-bond donors (Lipinski definition) is 1. The molecule has 8 nitrogen and oxygen atoms in total. The molecule has 2 aromatic heterocycles. The van der Waals surface area contributed by atoms with Gasteiger partial charge in [-0.25, -0.2) is 14.8 Å². The highest BCUT2D eigenvalue weighted by Gasteiger charge is 2.21. The zero-order valence-electron chi connectivity index (χ0n) is 16.7. The molecular weight excluding hydrogens is 342 g/mol. The minimum Gasteiger partial charge on any atom is -0.364 e. The van der Waals surface area contributed by atoms with E-state index in [1.54, 1.807) is 19.0 Å². The van der Waals surface area contributed by atoms with Gasteiger partial charge in [-0.15, -0.1) is 0 Å². The summed E-state index contributed by atoms with van der Waals surface area (Å²) in [6.07, 6.45) is 2.82. The van der Waals surface area contributed by atoms with Crippen LogP contribution in [0.1, 0.15) is 42.7 Å². The third kappa shape index (κ3) is 4.75. The highest BCUT2D eigenvalue weighted by atomic mass is 16.2. The third-order valence-electron chi connectivity index (χ3n) is 4.54. The monoisotopic (exact) mass is 371 g/mol. The first-order valence-corrected chi connectivity index (χ1v) is 9.56. The van der Waals surface area contributed by atoms with Crippen molar-refractivity contribution in [2.24, 2.45) is 0 Å². The molecule has 0 spiro atoms. The first-order chi connectivity index (χ1) is 13.0. The number of aryl methyl sites for hydroxylation is 3. The van der Waals surface area contributed by atoms with Crippen molar-refractivity contribution >= 4 is 11.8 Å². The second-order valence-corrected chi connectivity index (χ2v) is 7.22. The van der Waals surface area contributed by atoms with E-state index in [2.05, 4.69) is 28.3 Å². The van der Waals surface area contributed by atoms with Crippen molar-refractivity contribution in [1.82, 2.24) is 29.5 Å². The van der Waals surface area contributed by atoms with Crippen LogP contribution in [0, 0.1) is 6.92 Å². The smallest absolute Gasteiger partial charge is 0.319 e. The van der Waals surface area contributed by atoms with Crippen LogP contribution in [0.15, 0.2) is 12.1 Å². The van der Waals surface area contributed by atoms with Crippen molar-refractivity contribution in [2.45, 2.75) is 52.7 Å². The topological polar surface area (TPSA) is 79.2 Å². The molecule has 0 saturated carbocycles. The van der Waals surface area contributed by atoms with E-state index in [1.807, 2.05) is 22.6 Å². The van der Waals surface area contributed by atoms with Crippen LogP contribution in [0.5, 0.6) is 0 Å². The summed E-state index contributed by atoms with van der Waals surface area (Å²) in [5, 5.41) is 8.07. The molecule has 3 heterocycles. The molecule has 0 aliphatic carbocycles. The van der Waals surface area contributed by atoms with E-state index in [0.29, 0.717) is 13.1 Å². The number of anilines is 1. The number of hydrogen-bond acceptors (Lipinski definition) is 5. The van der Waals surface area contributed by atoms with E-state index in [-0.39, 0.29) is 6.03 Å². The fraction of sp³-hybridized carbons (Fsp3) is 0.579. The molecule has 0 atom stereocenters. The van der Waals surface area contributed by atoms with Gasteiger partial charge < -0.3 is 15.1 Å². The van der Waals surface area contributed by atoms with Crippen molar-refractivity contribution in [2.75, 3.05) is 26.0 Å². The summed E-state index contributed by atoms with van der Waals surface area (Å²) in [6, 6.07) is 4.08. The maximum Gasteiger partial charge on any atom is 0.319 e. The van der Waals surface area contributed by atoms with E-state index in [0.717, 1.165) is 61.1 Å². The Morgan fingerprint density at radius 2 is 2.07 bits per heavy atom. The molecule has 0 aromatic carbocycles. The maximum atomic E-state index is 12.3. The van der Waals surface area contributed by atoms with Crippen molar-refractivity contribution < 1.29 is 4.79 Å². The summed E-state index contributed by atoms with van der Waals surface area (Å²) >= 11 is 0. The predicted octanol–water partition coefficient (Wildman–Crippen LogP) is 2.43. The van der Waals surface area contributed by atoms with Crippen molar-refractivity contribution in [1.29, 1.82) is 0 Å². The first kappa shape index (κ1) is 19.1. The second-order valence-electron chi connectivity index (χ2n) is 7.22. The van der Waals surface area contributed by atoms with Gasteiger partial charge in [0.25, 0.3) is 0 Å². The third-order valence-corrected chi connectivity index (χ3v) is 4.54. The van der Waals surface area contributed by atoms with Crippen LogP contribution in [0.4, 0.5) is 10.6 Å². The number of carbonyl (C=O) groups excluding carboxylic acids is 1. The van der Waals surface area contributed by atoms with Gasteiger partial charge in [-0.3, -0.25) is 4.68 Å². The molecule has 0 fully saturated rings. The number of urea groups is 1. The molecule has 0 saturated heterocycles. The maximum absolute atomic E-state index is 12.3. The van der Waals surface area contributed by atoms with E-state index in [4.69, 9.17) is 5.10 Å². The zero-order chi connectivity index (χ0) is 19.4. The normalized spacial score (nSPS) is 13.9. The average molecular weight is 371 g/mol. The number of carbonyl (C=O) groups is 1. The van der Waals surface area contributed by atoms with Crippen LogP contribution in [0.25, 0.3) is 0 Å². The lowest BCUT2D eigenvalue weighted by Gasteiger charge is -2.23. The number of nitrogens with one attached hydrogen (secondary N) is 1.